The molecule has 0 unspecified atom stereocenters. The van der Waals surface area contributed by atoms with Crippen molar-refractivity contribution in [3.05, 3.63) is 50.1 Å². The monoisotopic (exact) mass is 294 g/mol. The van der Waals surface area contributed by atoms with Crippen LogP contribution in [0.3, 0.4) is 0 Å². The van der Waals surface area contributed by atoms with Gasteiger partial charge in [0.15, 0.2) is 0 Å². The van der Waals surface area contributed by atoms with Crippen LogP contribution in [0.5, 0.6) is 5.88 Å². The second kappa shape index (κ2) is 5.30. The van der Waals surface area contributed by atoms with Gasteiger partial charge in [-0.05, 0) is 12.1 Å². The van der Waals surface area contributed by atoms with Crippen molar-refractivity contribution in [2.75, 3.05) is 0 Å². The van der Waals surface area contributed by atoms with Crippen molar-refractivity contribution in [2.45, 2.75) is 0 Å². The SMILES string of the molecule is Cn1c(O)c(N=Nc2ccccc2Cl)c(=O)n(C)c1=O. The lowest BCUT2D eigenvalue weighted by molar-refractivity contribution is 0.413. The first-order valence-electron chi connectivity index (χ1n) is 5.58. The van der Waals surface area contributed by atoms with Crippen molar-refractivity contribution in [1.29, 1.82) is 0 Å². The van der Waals surface area contributed by atoms with E-state index in [1.807, 2.05) is 0 Å². The summed E-state index contributed by atoms with van der Waals surface area (Å²) in [6.45, 7) is 0. The maximum atomic E-state index is 11.9. The van der Waals surface area contributed by atoms with Gasteiger partial charge in [-0.1, -0.05) is 23.7 Å². The topological polar surface area (TPSA) is 88.9 Å². The summed E-state index contributed by atoms with van der Waals surface area (Å²) in [5, 5.41) is 17.7. The van der Waals surface area contributed by atoms with E-state index >= 15 is 0 Å². The van der Waals surface area contributed by atoms with Gasteiger partial charge in [0.2, 0.25) is 11.6 Å². The third kappa shape index (κ3) is 2.35. The number of hydrogen-bond donors (Lipinski definition) is 1. The highest BCUT2D eigenvalue weighted by molar-refractivity contribution is 6.32. The van der Waals surface area contributed by atoms with Gasteiger partial charge in [0, 0.05) is 14.1 Å². The molecule has 0 amide bonds. The largest absolute Gasteiger partial charge is 0.493 e. The number of azo groups is 1. The first-order chi connectivity index (χ1) is 9.43. The Balaban J connectivity index is 2.59. The van der Waals surface area contributed by atoms with E-state index in [0.29, 0.717) is 10.7 Å². The molecule has 1 heterocycles. The average Bonchev–Trinajstić information content (AvgIpc) is 2.45. The van der Waals surface area contributed by atoms with Gasteiger partial charge in [-0.3, -0.25) is 13.9 Å². The Morgan fingerprint density at radius 2 is 1.75 bits per heavy atom. The Hall–Kier alpha value is -2.41. The van der Waals surface area contributed by atoms with E-state index in [0.717, 1.165) is 9.13 Å². The highest BCUT2D eigenvalue weighted by atomic mass is 35.5. The first kappa shape index (κ1) is 14.0. The maximum absolute atomic E-state index is 11.9. The summed E-state index contributed by atoms with van der Waals surface area (Å²) in [6, 6.07) is 6.66. The standard InChI is InChI=1S/C12H11ClN4O3/c1-16-10(18)9(11(19)17(2)12(16)20)15-14-8-6-4-3-5-7(8)13/h3-6,18H,1-2H3. The molecular weight excluding hydrogens is 284 g/mol. The lowest BCUT2D eigenvalue weighted by atomic mass is 10.3. The van der Waals surface area contributed by atoms with Gasteiger partial charge < -0.3 is 5.11 Å². The molecular formula is C12H11ClN4O3. The third-order valence-corrected chi connectivity index (χ3v) is 3.04. The van der Waals surface area contributed by atoms with Gasteiger partial charge in [-0.25, -0.2) is 4.79 Å². The van der Waals surface area contributed by atoms with Crippen LogP contribution < -0.4 is 11.2 Å². The fourth-order valence-electron chi connectivity index (χ4n) is 1.54. The van der Waals surface area contributed by atoms with Gasteiger partial charge in [0.1, 0.15) is 5.69 Å². The molecule has 0 bridgehead atoms. The second-order valence-corrected chi connectivity index (χ2v) is 4.44. The van der Waals surface area contributed by atoms with Crippen LogP contribution in [0.4, 0.5) is 11.4 Å². The number of aromatic nitrogens is 2. The molecule has 0 saturated carbocycles. The molecule has 0 spiro atoms. The zero-order chi connectivity index (χ0) is 14.9. The minimum atomic E-state index is -0.735. The Morgan fingerprint density at radius 3 is 2.40 bits per heavy atom. The maximum Gasteiger partial charge on any atom is 0.333 e. The van der Waals surface area contributed by atoms with E-state index in [1.165, 1.54) is 14.1 Å². The Bertz CT molecular complexity index is 807. The van der Waals surface area contributed by atoms with Crippen molar-refractivity contribution in [3.63, 3.8) is 0 Å². The summed E-state index contributed by atoms with van der Waals surface area (Å²) in [5.41, 5.74) is -1.36. The molecule has 2 rings (SSSR count). The Labute approximate surface area is 118 Å². The van der Waals surface area contributed by atoms with Crippen LogP contribution in [0.15, 0.2) is 44.1 Å². The van der Waals surface area contributed by atoms with E-state index in [2.05, 4.69) is 10.2 Å². The summed E-state index contributed by atoms with van der Waals surface area (Å²) in [6.07, 6.45) is 0. The van der Waals surface area contributed by atoms with Crippen LogP contribution in [-0.4, -0.2) is 14.2 Å². The zero-order valence-corrected chi connectivity index (χ0v) is 11.5. The molecule has 0 aliphatic rings. The van der Waals surface area contributed by atoms with Crippen molar-refractivity contribution >= 4 is 23.0 Å². The van der Waals surface area contributed by atoms with Crippen LogP contribution in [0.25, 0.3) is 0 Å². The number of halogens is 1. The van der Waals surface area contributed by atoms with Crippen LogP contribution in [0, 0.1) is 0 Å². The molecule has 104 valence electrons. The van der Waals surface area contributed by atoms with Gasteiger partial charge in [-0.15, -0.1) is 10.2 Å². The van der Waals surface area contributed by atoms with Gasteiger partial charge in [0.05, 0.1) is 5.02 Å². The molecule has 1 N–H and O–H groups in total. The van der Waals surface area contributed by atoms with Crippen LogP contribution in [0.2, 0.25) is 5.02 Å². The van der Waals surface area contributed by atoms with Gasteiger partial charge in [0.25, 0.3) is 5.56 Å². The van der Waals surface area contributed by atoms with Crippen molar-refractivity contribution in [1.82, 2.24) is 9.13 Å². The lowest BCUT2D eigenvalue weighted by Gasteiger charge is -2.06. The summed E-state index contributed by atoms with van der Waals surface area (Å²) in [7, 11) is 2.62. The van der Waals surface area contributed by atoms with Crippen LogP contribution in [-0.2, 0) is 14.1 Å². The molecule has 0 atom stereocenters. The number of hydrogen-bond acceptors (Lipinski definition) is 5. The van der Waals surface area contributed by atoms with Gasteiger partial charge >= 0.3 is 5.69 Å². The van der Waals surface area contributed by atoms with Crippen molar-refractivity contribution < 1.29 is 5.11 Å². The first-order valence-corrected chi connectivity index (χ1v) is 5.96. The van der Waals surface area contributed by atoms with Crippen molar-refractivity contribution in [3.8, 4) is 5.88 Å². The number of aromatic hydroxyl groups is 1. The second-order valence-electron chi connectivity index (χ2n) is 4.03. The minimum absolute atomic E-state index is 0.325. The van der Waals surface area contributed by atoms with Crippen LogP contribution in [0.1, 0.15) is 0 Å². The molecule has 0 saturated heterocycles. The Kier molecular flexibility index (Phi) is 3.71. The molecule has 8 heteroatoms. The number of benzene rings is 1. The Morgan fingerprint density at radius 1 is 1.10 bits per heavy atom. The molecule has 0 radical (unpaired) electrons. The quantitative estimate of drug-likeness (QED) is 0.857. The highest BCUT2D eigenvalue weighted by Gasteiger charge is 2.14. The average molecular weight is 295 g/mol. The predicted molar refractivity (Wildman–Crippen MR) is 74.2 cm³/mol. The van der Waals surface area contributed by atoms with Crippen LogP contribution >= 0.6 is 11.6 Å². The minimum Gasteiger partial charge on any atom is -0.493 e. The van der Waals surface area contributed by atoms with E-state index < -0.39 is 17.1 Å². The van der Waals surface area contributed by atoms with E-state index in [9.17, 15) is 14.7 Å². The molecule has 0 aliphatic carbocycles. The molecule has 2 aromatic rings. The number of nitrogens with zero attached hydrogens (tertiary/aromatic N) is 4. The summed E-state index contributed by atoms with van der Waals surface area (Å²) in [5.74, 6) is -0.547. The highest BCUT2D eigenvalue weighted by Crippen LogP contribution is 2.27. The van der Waals surface area contributed by atoms with E-state index in [-0.39, 0.29) is 5.69 Å². The molecule has 0 fully saturated rings. The number of rotatable bonds is 2. The van der Waals surface area contributed by atoms with E-state index in [1.54, 1.807) is 24.3 Å². The summed E-state index contributed by atoms with van der Waals surface area (Å²) >= 11 is 5.90. The smallest absolute Gasteiger partial charge is 0.333 e. The molecule has 1 aromatic heterocycles. The third-order valence-electron chi connectivity index (χ3n) is 2.72. The summed E-state index contributed by atoms with van der Waals surface area (Å²) < 4.78 is 1.74. The fraction of sp³-hybridized carbons (Fsp3) is 0.167. The van der Waals surface area contributed by atoms with Gasteiger partial charge in [-0.2, -0.15) is 0 Å². The van der Waals surface area contributed by atoms with Crippen molar-refractivity contribution in [2.24, 2.45) is 24.3 Å². The predicted octanol–water partition coefficient (Wildman–Crippen LogP) is 1.86. The summed E-state index contributed by atoms with van der Waals surface area (Å²) in [4.78, 5) is 23.4. The normalized spacial score (nSPS) is 11.2. The lowest BCUT2D eigenvalue weighted by Crippen LogP contribution is -2.36. The zero-order valence-electron chi connectivity index (χ0n) is 10.7. The molecule has 20 heavy (non-hydrogen) atoms. The molecule has 1 aromatic carbocycles. The molecule has 7 nitrogen and oxygen atoms in total. The fourth-order valence-corrected chi connectivity index (χ4v) is 1.71. The molecule has 0 aliphatic heterocycles. The van der Waals surface area contributed by atoms with E-state index in [4.69, 9.17) is 11.6 Å².